The van der Waals surface area contributed by atoms with Crippen LogP contribution in [0.5, 0.6) is 0 Å². The van der Waals surface area contributed by atoms with Crippen molar-refractivity contribution in [2.75, 3.05) is 13.2 Å². The summed E-state index contributed by atoms with van der Waals surface area (Å²) in [5.41, 5.74) is 0. The zero-order valence-electron chi connectivity index (χ0n) is 44.2. The SMILES string of the molecule is CCCCC/C=C\C/C=C\C/C=C\CCCCCCCCC(=O)OC[C@@H](COC(=O)CCCCCCCCCCCC)OC(=O)CCCCCCCCCCCCCCCCCCCCC. The molecule has 0 amide bonds. The van der Waals surface area contributed by atoms with E-state index in [1.807, 2.05) is 0 Å². The molecular formula is C60H110O6. The van der Waals surface area contributed by atoms with E-state index >= 15 is 0 Å². The topological polar surface area (TPSA) is 78.9 Å². The summed E-state index contributed by atoms with van der Waals surface area (Å²) in [5.74, 6) is -0.868. The van der Waals surface area contributed by atoms with Gasteiger partial charge in [0.25, 0.3) is 0 Å². The van der Waals surface area contributed by atoms with E-state index in [2.05, 4.69) is 57.2 Å². The van der Waals surface area contributed by atoms with Crippen molar-refractivity contribution >= 4 is 17.9 Å². The fourth-order valence-corrected chi connectivity index (χ4v) is 8.51. The van der Waals surface area contributed by atoms with Gasteiger partial charge in [0.2, 0.25) is 0 Å². The molecule has 1 atom stereocenters. The molecule has 0 rings (SSSR count). The van der Waals surface area contributed by atoms with E-state index in [1.165, 1.54) is 193 Å². The molecule has 0 aliphatic rings. The van der Waals surface area contributed by atoms with Gasteiger partial charge >= 0.3 is 17.9 Å². The van der Waals surface area contributed by atoms with Gasteiger partial charge in [0.05, 0.1) is 0 Å². The normalized spacial score (nSPS) is 12.2. The molecule has 0 aliphatic carbocycles. The largest absolute Gasteiger partial charge is 0.462 e. The van der Waals surface area contributed by atoms with Crippen molar-refractivity contribution < 1.29 is 28.6 Å². The van der Waals surface area contributed by atoms with Gasteiger partial charge in [-0.05, 0) is 57.8 Å². The van der Waals surface area contributed by atoms with Crippen LogP contribution in [0.3, 0.4) is 0 Å². The molecule has 0 saturated heterocycles. The van der Waals surface area contributed by atoms with E-state index in [-0.39, 0.29) is 31.1 Å². The Kier molecular flexibility index (Phi) is 53.2. The Hall–Kier alpha value is -2.37. The number of hydrogen-bond donors (Lipinski definition) is 0. The molecule has 0 aliphatic heterocycles. The Labute approximate surface area is 410 Å². The molecule has 0 aromatic heterocycles. The van der Waals surface area contributed by atoms with Gasteiger partial charge in [0.15, 0.2) is 6.10 Å². The van der Waals surface area contributed by atoms with E-state index in [0.29, 0.717) is 19.3 Å². The Morgan fingerprint density at radius 3 is 0.879 bits per heavy atom. The highest BCUT2D eigenvalue weighted by Gasteiger charge is 2.19. The Bertz CT molecular complexity index is 1110. The highest BCUT2D eigenvalue weighted by molar-refractivity contribution is 5.71. The number of allylic oxidation sites excluding steroid dienone is 6. The van der Waals surface area contributed by atoms with Crippen LogP contribution < -0.4 is 0 Å². The third-order valence-electron chi connectivity index (χ3n) is 12.9. The van der Waals surface area contributed by atoms with Gasteiger partial charge in [-0.1, -0.05) is 269 Å². The lowest BCUT2D eigenvalue weighted by molar-refractivity contribution is -0.167. The van der Waals surface area contributed by atoms with Crippen LogP contribution in [0.15, 0.2) is 36.5 Å². The van der Waals surface area contributed by atoms with Crippen LogP contribution in [0.25, 0.3) is 0 Å². The summed E-state index contributed by atoms with van der Waals surface area (Å²) in [5, 5.41) is 0. The lowest BCUT2D eigenvalue weighted by Crippen LogP contribution is -2.30. The fourth-order valence-electron chi connectivity index (χ4n) is 8.51. The summed E-state index contributed by atoms with van der Waals surface area (Å²) in [7, 11) is 0. The van der Waals surface area contributed by atoms with Gasteiger partial charge < -0.3 is 14.2 Å². The Morgan fingerprint density at radius 1 is 0.303 bits per heavy atom. The standard InChI is InChI=1S/C60H110O6/c1-4-7-10-13-16-19-22-24-26-28-30-32-34-36-38-41-44-47-50-53-59(62)65-56-57(55-64-58(61)52-49-46-43-40-21-18-15-12-9-6-3)66-60(63)54-51-48-45-42-39-37-35-33-31-29-27-25-23-20-17-14-11-8-5-2/h16,19,24,26,30,32,57H,4-15,17-18,20-23,25,27-29,31,33-56H2,1-3H3/b19-16-,26-24-,32-30-/t57-/m1/s1. The molecule has 0 radical (unpaired) electrons. The van der Waals surface area contributed by atoms with Crippen molar-refractivity contribution in [2.24, 2.45) is 0 Å². The first-order valence-corrected chi connectivity index (χ1v) is 29.0. The van der Waals surface area contributed by atoms with E-state index in [1.54, 1.807) is 0 Å². The predicted octanol–water partition coefficient (Wildman–Crippen LogP) is 19.3. The predicted molar refractivity (Wildman–Crippen MR) is 284 cm³/mol. The van der Waals surface area contributed by atoms with Gasteiger partial charge in [0.1, 0.15) is 13.2 Å². The number of unbranched alkanes of at least 4 members (excludes halogenated alkanes) is 36. The number of carbonyl (C=O) groups excluding carboxylic acids is 3. The minimum atomic E-state index is -0.772. The molecule has 0 heterocycles. The van der Waals surface area contributed by atoms with E-state index in [0.717, 1.165) is 77.0 Å². The molecule has 0 fully saturated rings. The summed E-state index contributed by atoms with van der Waals surface area (Å²) < 4.78 is 16.8. The third kappa shape index (κ3) is 52.6. The molecule has 0 N–H and O–H groups in total. The van der Waals surface area contributed by atoms with Gasteiger partial charge in [-0.25, -0.2) is 0 Å². The smallest absolute Gasteiger partial charge is 0.306 e. The second-order valence-electron chi connectivity index (χ2n) is 19.6. The first-order valence-electron chi connectivity index (χ1n) is 29.0. The summed E-state index contributed by atoms with van der Waals surface area (Å²) in [6.45, 7) is 6.63. The highest BCUT2D eigenvalue weighted by atomic mass is 16.6. The molecule has 0 aromatic rings. The van der Waals surface area contributed by atoms with Crippen molar-refractivity contribution in [2.45, 2.75) is 316 Å². The average Bonchev–Trinajstić information content (AvgIpc) is 3.31. The number of ether oxygens (including phenoxy) is 3. The van der Waals surface area contributed by atoms with Crippen molar-refractivity contribution in [1.82, 2.24) is 0 Å². The second kappa shape index (κ2) is 55.2. The maximum Gasteiger partial charge on any atom is 0.306 e. The number of carbonyl (C=O) groups is 3. The van der Waals surface area contributed by atoms with Gasteiger partial charge in [0, 0.05) is 19.3 Å². The van der Waals surface area contributed by atoms with Crippen LogP contribution in [-0.4, -0.2) is 37.2 Å². The minimum absolute atomic E-state index is 0.0719. The Morgan fingerprint density at radius 2 is 0.545 bits per heavy atom. The van der Waals surface area contributed by atoms with Crippen LogP contribution in [0.1, 0.15) is 310 Å². The van der Waals surface area contributed by atoms with Gasteiger partial charge in [-0.3, -0.25) is 14.4 Å². The van der Waals surface area contributed by atoms with E-state index < -0.39 is 6.10 Å². The van der Waals surface area contributed by atoms with E-state index in [9.17, 15) is 14.4 Å². The lowest BCUT2D eigenvalue weighted by atomic mass is 10.0. The Balaban J connectivity index is 4.29. The first kappa shape index (κ1) is 63.6. The maximum absolute atomic E-state index is 12.8. The summed E-state index contributed by atoms with van der Waals surface area (Å²) >= 11 is 0. The van der Waals surface area contributed by atoms with Crippen LogP contribution in [0, 0.1) is 0 Å². The molecule has 0 saturated carbocycles. The molecule has 0 bridgehead atoms. The fraction of sp³-hybridized carbons (Fsp3) is 0.850. The highest BCUT2D eigenvalue weighted by Crippen LogP contribution is 2.17. The number of rotatable bonds is 53. The quantitative estimate of drug-likeness (QED) is 0.0262. The lowest BCUT2D eigenvalue weighted by Gasteiger charge is -2.18. The van der Waals surface area contributed by atoms with Crippen LogP contribution in [0.2, 0.25) is 0 Å². The summed E-state index contributed by atoms with van der Waals surface area (Å²) in [6.07, 6.45) is 65.6. The zero-order valence-corrected chi connectivity index (χ0v) is 44.2. The van der Waals surface area contributed by atoms with Crippen LogP contribution >= 0.6 is 0 Å². The van der Waals surface area contributed by atoms with E-state index in [4.69, 9.17) is 14.2 Å². The summed E-state index contributed by atoms with van der Waals surface area (Å²) in [6, 6.07) is 0. The molecule has 386 valence electrons. The van der Waals surface area contributed by atoms with Crippen LogP contribution in [-0.2, 0) is 28.6 Å². The molecule has 6 nitrogen and oxygen atoms in total. The molecule has 0 unspecified atom stereocenters. The monoisotopic (exact) mass is 927 g/mol. The van der Waals surface area contributed by atoms with Gasteiger partial charge in [-0.15, -0.1) is 0 Å². The molecule has 6 heteroatoms. The van der Waals surface area contributed by atoms with Crippen molar-refractivity contribution in [3.63, 3.8) is 0 Å². The summed E-state index contributed by atoms with van der Waals surface area (Å²) in [4.78, 5) is 38.1. The number of esters is 3. The first-order chi connectivity index (χ1) is 32.5. The van der Waals surface area contributed by atoms with Crippen molar-refractivity contribution in [1.29, 1.82) is 0 Å². The van der Waals surface area contributed by atoms with Gasteiger partial charge in [-0.2, -0.15) is 0 Å². The molecule has 0 aromatic carbocycles. The molecular weight excluding hydrogens is 817 g/mol. The minimum Gasteiger partial charge on any atom is -0.462 e. The zero-order chi connectivity index (χ0) is 47.9. The molecule has 66 heavy (non-hydrogen) atoms. The van der Waals surface area contributed by atoms with Crippen molar-refractivity contribution in [3.8, 4) is 0 Å². The average molecular weight is 928 g/mol. The maximum atomic E-state index is 12.8. The third-order valence-corrected chi connectivity index (χ3v) is 12.9. The second-order valence-corrected chi connectivity index (χ2v) is 19.6. The van der Waals surface area contributed by atoms with Crippen LogP contribution in [0.4, 0.5) is 0 Å². The van der Waals surface area contributed by atoms with Crippen molar-refractivity contribution in [3.05, 3.63) is 36.5 Å². The number of hydrogen-bond acceptors (Lipinski definition) is 6. The molecule has 0 spiro atoms.